The molecule has 4 nitrogen and oxygen atoms in total. The van der Waals surface area contributed by atoms with Gasteiger partial charge in [0.15, 0.2) is 5.13 Å². The van der Waals surface area contributed by atoms with Crippen molar-refractivity contribution in [1.82, 2.24) is 9.97 Å². The van der Waals surface area contributed by atoms with E-state index in [0.29, 0.717) is 6.04 Å². The minimum absolute atomic E-state index is 0.0343. The van der Waals surface area contributed by atoms with Crippen LogP contribution in [0.3, 0.4) is 0 Å². The van der Waals surface area contributed by atoms with Crippen LogP contribution in [0.2, 0.25) is 0 Å². The Morgan fingerprint density at radius 2 is 2.22 bits per heavy atom. The molecule has 2 aromatic heterocycles. The minimum atomic E-state index is -0.0343. The molecule has 18 heavy (non-hydrogen) atoms. The largest absolute Gasteiger partial charge is 0.359 e. The lowest BCUT2D eigenvalue weighted by atomic mass is 9.98. The van der Waals surface area contributed by atoms with Crippen LogP contribution in [0.1, 0.15) is 24.4 Å². The summed E-state index contributed by atoms with van der Waals surface area (Å²) < 4.78 is 0. The summed E-state index contributed by atoms with van der Waals surface area (Å²) in [5, 5.41) is 4.31. The number of thiazole rings is 1. The van der Waals surface area contributed by atoms with Gasteiger partial charge in [0.25, 0.3) is 0 Å². The Morgan fingerprint density at radius 3 is 3.00 bits per heavy atom. The molecule has 2 heterocycles. The van der Waals surface area contributed by atoms with Crippen molar-refractivity contribution in [3.63, 3.8) is 0 Å². The second-order valence-electron chi connectivity index (χ2n) is 4.80. The summed E-state index contributed by atoms with van der Waals surface area (Å²) in [6, 6.07) is 3.83. The molecule has 0 aromatic carbocycles. The van der Waals surface area contributed by atoms with E-state index in [9.17, 15) is 4.79 Å². The zero-order chi connectivity index (χ0) is 12.7. The fourth-order valence-corrected chi connectivity index (χ4v) is 3.34. The van der Waals surface area contributed by atoms with Crippen LogP contribution in [0.5, 0.6) is 0 Å². The van der Waals surface area contributed by atoms with Gasteiger partial charge in [0.1, 0.15) is 0 Å². The minimum Gasteiger partial charge on any atom is -0.359 e. The number of nitrogens with zero attached hydrogens (tertiary/aromatic N) is 1. The Bertz CT molecular complexity index is 642. The standard InChI is InChI=1S/C13H15N3OS/c1-7(2)14-13-16-12-8-3-6-11(17)15-9(8)4-5-10(12)18-13/h3,6-7H,4-5H2,1-2H3,(H,14,16)(H,15,17). The molecule has 5 heteroatoms. The molecule has 0 aliphatic heterocycles. The molecule has 0 amide bonds. The molecule has 0 saturated carbocycles. The van der Waals surface area contributed by atoms with Crippen molar-refractivity contribution >= 4 is 16.5 Å². The number of hydrogen-bond donors (Lipinski definition) is 2. The van der Waals surface area contributed by atoms with Crippen LogP contribution in [-0.4, -0.2) is 16.0 Å². The van der Waals surface area contributed by atoms with E-state index in [2.05, 4.69) is 29.1 Å². The predicted octanol–water partition coefficient (Wildman–Crippen LogP) is 2.42. The zero-order valence-electron chi connectivity index (χ0n) is 10.4. The summed E-state index contributed by atoms with van der Waals surface area (Å²) in [6.07, 6.45) is 1.85. The van der Waals surface area contributed by atoms with Crippen LogP contribution >= 0.6 is 11.3 Å². The molecule has 0 bridgehead atoms. The summed E-state index contributed by atoms with van der Waals surface area (Å²) in [5.41, 5.74) is 3.08. The van der Waals surface area contributed by atoms with E-state index < -0.39 is 0 Å². The summed E-state index contributed by atoms with van der Waals surface area (Å²) in [5.74, 6) is 0. The van der Waals surface area contributed by atoms with E-state index in [1.54, 1.807) is 17.4 Å². The predicted molar refractivity (Wildman–Crippen MR) is 74.3 cm³/mol. The Labute approximate surface area is 109 Å². The number of pyridine rings is 1. The number of aromatic nitrogens is 2. The average molecular weight is 261 g/mol. The van der Waals surface area contributed by atoms with Crippen molar-refractivity contribution < 1.29 is 0 Å². The smallest absolute Gasteiger partial charge is 0.248 e. The number of fused-ring (bicyclic) bond motifs is 3. The zero-order valence-corrected chi connectivity index (χ0v) is 11.2. The number of nitrogens with one attached hydrogen (secondary N) is 2. The van der Waals surface area contributed by atoms with E-state index in [1.165, 1.54) is 4.88 Å². The van der Waals surface area contributed by atoms with Crippen molar-refractivity contribution in [1.29, 1.82) is 0 Å². The van der Waals surface area contributed by atoms with E-state index >= 15 is 0 Å². The molecule has 1 aliphatic carbocycles. The molecule has 3 rings (SSSR count). The summed E-state index contributed by atoms with van der Waals surface area (Å²) in [7, 11) is 0. The van der Waals surface area contributed by atoms with Crippen molar-refractivity contribution in [3.8, 4) is 11.3 Å². The first-order chi connectivity index (χ1) is 8.63. The summed E-state index contributed by atoms with van der Waals surface area (Å²) in [4.78, 5) is 20.2. The molecule has 2 N–H and O–H groups in total. The highest BCUT2D eigenvalue weighted by Gasteiger charge is 2.21. The van der Waals surface area contributed by atoms with Gasteiger partial charge in [0.2, 0.25) is 5.56 Å². The molecule has 2 aromatic rings. The molecule has 0 fully saturated rings. The molecule has 0 saturated heterocycles. The lowest BCUT2D eigenvalue weighted by Gasteiger charge is -2.13. The monoisotopic (exact) mass is 261 g/mol. The van der Waals surface area contributed by atoms with Gasteiger partial charge in [-0.05, 0) is 32.8 Å². The van der Waals surface area contributed by atoms with Gasteiger partial charge in [-0.25, -0.2) is 4.98 Å². The molecule has 0 radical (unpaired) electrons. The fourth-order valence-electron chi connectivity index (χ4n) is 2.22. The molecular weight excluding hydrogens is 246 g/mol. The van der Waals surface area contributed by atoms with Crippen molar-refractivity contribution in [2.75, 3.05) is 5.32 Å². The number of rotatable bonds is 2. The first kappa shape index (κ1) is 11.5. The molecule has 0 unspecified atom stereocenters. The molecular formula is C13H15N3OS. The van der Waals surface area contributed by atoms with Crippen LogP contribution in [-0.2, 0) is 12.8 Å². The van der Waals surface area contributed by atoms with Gasteiger partial charge in [-0.2, -0.15) is 0 Å². The molecule has 1 aliphatic rings. The maximum atomic E-state index is 11.3. The Kier molecular flexibility index (Phi) is 2.70. The third-order valence-electron chi connectivity index (χ3n) is 2.97. The Morgan fingerprint density at radius 1 is 1.39 bits per heavy atom. The van der Waals surface area contributed by atoms with Gasteiger partial charge < -0.3 is 10.3 Å². The quantitative estimate of drug-likeness (QED) is 0.873. The van der Waals surface area contributed by atoms with Crippen molar-refractivity contribution in [3.05, 3.63) is 33.1 Å². The van der Waals surface area contributed by atoms with Gasteiger partial charge in [0.05, 0.1) is 5.69 Å². The second-order valence-corrected chi connectivity index (χ2v) is 5.89. The average Bonchev–Trinajstić information content (AvgIpc) is 2.70. The molecule has 94 valence electrons. The van der Waals surface area contributed by atoms with Crippen LogP contribution in [0.25, 0.3) is 11.3 Å². The lowest BCUT2D eigenvalue weighted by molar-refractivity contribution is 0.889. The highest BCUT2D eigenvalue weighted by atomic mass is 32.1. The van der Waals surface area contributed by atoms with Gasteiger partial charge in [-0.1, -0.05) is 0 Å². The number of aromatic amines is 1. The lowest BCUT2D eigenvalue weighted by Crippen LogP contribution is -2.12. The summed E-state index contributed by atoms with van der Waals surface area (Å²) >= 11 is 1.72. The van der Waals surface area contributed by atoms with Crippen LogP contribution in [0.15, 0.2) is 16.9 Å². The third-order valence-corrected chi connectivity index (χ3v) is 4.01. The third kappa shape index (κ3) is 1.95. The first-order valence-corrected chi connectivity index (χ1v) is 6.94. The molecule has 0 atom stereocenters. The van der Waals surface area contributed by atoms with Crippen LogP contribution in [0, 0.1) is 0 Å². The topological polar surface area (TPSA) is 57.8 Å². The number of H-pyrrole nitrogens is 1. The number of anilines is 1. The summed E-state index contributed by atoms with van der Waals surface area (Å²) in [6.45, 7) is 4.21. The van der Waals surface area contributed by atoms with E-state index in [-0.39, 0.29) is 5.56 Å². The van der Waals surface area contributed by atoms with Crippen molar-refractivity contribution in [2.24, 2.45) is 0 Å². The van der Waals surface area contributed by atoms with Gasteiger partial charge in [-0.3, -0.25) is 4.79 Å². The fraction of sp³-hybridized carbons (Fsp3) is 0.385. The van der Waals surface area contributed by atoms with E-state index in [4.69, 9.17) is 0 Å². The highest BCUT2D eigenvalue weighted by molar-refractivity contribution is 7.16. The maximum absolute atomic E-state index is 11.3. The van der Waals surface area contributed by atoms with Crippen LogP contribution in [0.4, 0.5) is 5.13 Å². The van der Waals surface area contributed by atoms with E-state index in [1.807, 2.05) is 6.07 Å². The second kappa shape index (κ2) is 4.24. The Balaban J connectivity index is 2.07. The van der Waals surface area contributed by atoms with Gasteiger partial charge in [0, 0.05) is 28.2 Å². The van der Waals surface area contributed by atoms with Crippen LogP contribution < -0.4 is 10.9 Å². The Hall–Kier alpha value is -1.62. The van der Waals surface area contributed by atoms with E-state index in [0.717, 1.165) is 34.9 Å². The number of hydrogen-bond acceptors (Lipinski definition) is 4. The maximum Gasteiger partial charge on any atom is 0.248 e. The van der Waals surface area contributed by atoms with Crippen molar-refractivity contribution in [2.45, 2.75) is 32.7 Å². The number of aryl methyl sites for hydroxylation is 2. The SMILES string of the molecule is CC(C)Nc1nc2c(s1)CCc1[nH]c(=O)ccc1-2. The highest BCUT2D eigenvalue weighted by Crippen LogP contribution is 2.36. The van der Waals surface area contributed by atoms with Gasteiger partial charge >= 0.3 is 0 Å². The first-order valence-electron chi connectivity index (χ1n) is 6.12. The van der Waals surface area contributed by atoms with Gasteiger partial charge in [-0.15, -0.1) is 11.3 Å². The molecule has 0 spiro atoms. The normalized spacial score (nSPS) is 13.3.